The maximum atomic E-state index is 11.4. The van der Waals surface area contributed by atoms with Gasteiger partial charge in [-0.25, -0.2) is 0 Å². The van der Waals surface area contributed by atoms with Gasteiger partial charge in [-0.2, -0.15) is 0 Å². The quantitative estimate of drug-likeness (QED) is 0.649. The van der Waals surface area contributed by atoms with Crippen LogP contribution in [0.25, 0.3) is 10.8 Å². The van der Waals surface area contributed by atoms with Crippen LogP contribution in [0.5, 0.6) is 5.75 Å². The highest BCUT2D eigenvalue weighted by atomic mass is 35.5. The number of aromatic hydroxyl groups is 1. The second kappa shape index (κ2) is 4.82. The molecule has 0 fully saturated rings. The maximum absolute atomic E-state index is 11.4. The summed E-state index contributed by atoms with van der Waals surface area (Å²) in [5.41, 5.74) is 0.565. The van der Waals surface area contributed by atoms with Gasteiger partial charge in [0.1, 0.15) is 5.75 Å². The summed E-state index contributed by atoms with van der Waals surface area (Å²) in [7, 11) is 0. The van der Waals surface area contributed by atoms with Gasteiger partial charge in [0.2, 0.25) is 0 Å². The van der Waals surface area contributed by atoms with Gasteiger partial charge in [-0.1, -0.05) is 47.5 Å². The van der Waals surface area contributed by atoms with Crippen LogP contribution in [0.2, 0.25) is 0 Å². The highest BCUT2D eigenvalue weighted by molar-refractivity contribution is 6.54. The van der Waals surface area contributed by atoms with Crippen molar-refractivity contribution in [1.29, 1.82) is 0 Å². The Morgan fingerprint density at radius 2 is 1.76 bits per heavy atom. The minimum atomic E-state index is -1.12. The van der Waals surface area contributed by atoms with E-state index in [1.54, 1.807) is 24.3 Å². The van der Waals surface area contributed by atoms with Gasteiger partial charge in [-0.3, -0.25) is 4.79 Å². The molecular formula is C12H9Cl2NO2. The number of hydrogen-bond acceptors (Lipinski definition) is 2. The molecule has 0 aliphatic carbocycles. The minimum Gasteiger partial charge on any atom is -0.507 e. The fourth-order valence-corrected chi connectivity index (χ4v) is 1.69. The van der Waals surface area contributed by atoms with Crippen molar-refractivity contribution in [2.75, 3.05) is 5.32 Å². The molecule has 2 aromatic rings. The number of amides is 1. The Morgan fingerprint density at radius 1 is 1.12 bits per heavy atom. The van der Waals surface area contributed by atoms with Crippen LogP contribution < -0.4 is 5.32 Å². The van der Waals surface area contributed by atoms with Crippen molar-refractivity contribution in [3.8, 4) is 5.75 Å². The number of fused-ring (bicyclic) bond motifs is 1. The van der Waals surface area contributed by atoms with Gasteiger partial charge in [0, 0.05) is 16.5 Å². The van der Waals surface area contributed by atoms with Crippen molar-refractivity contribution in [2.45, 2.75) is 4.84 Å². The Kier molecular flexibility index (Phi) is 3.41. The molecule has 0 aliphatic heterocycles. The minimum absolute atomic E-state index is 0.159. The van der Waals surface area contributed by atoms with Crippen LogP contribution >= 0.6 is 23.2 Å². The number of anilines is 1. The zero-order valence-corrected chi connectivity index (χ0v) is 10.2. The summed E-state index contributed by atoms with van der Waals surface area (Å²) in [6.07, 6.45) is 0. The second-order valence-corrected chi connectivity index (χ2v) is 4.56. The summed E-state index contributed by atoms with van der Waals surface area (Å²) in [4.78, 5) is 10.3. The average molecular weight is 270 g/mol. The summed E-state index contributed by atoms with van der Waals surface area (Å²) in [5, 5.41) is 13.7. The zero-order valence-electron chi connectivity index (χ0n) is 8.65. The Balaban J connectivity index is 2.48. The first-order valence-electron chi connectivity index (χ1n) is 4.89. The van der Waals surface area contributed by atoms with E-state index in [1.165, 1.54) is 6.07 Å². The van der Waals surface area contributed by atoms with Gasteiger partial charge in [0.05, 0.1) is 0 Å². The number of alkyl halides is 2. The molecular weight excluding hydrogens is 261 g/mol. The predicted octanol–water partition coefficient (Wildman–Crippen LogP) is 3.29. The number of phenolic OH excluding ortho intramolecular Hbond substituents is 1. The Bertz CT molecular complexity index is 569. The standard InChI is InChI=1S/C12H9Cl2NO2/c13-11(14)12(17)15-9-5-6-10(16)8-4-2-1-3-7(8)9/h1-6,11,16H,(H,15,17). The smallest absolute Gasteiger partial charge is 0.257 e. The summed E-state index contributed by atoms with van der Waals surface area (Å²) >= 11 is 10.9. The molecule has 0 bridgehead atoms. The van der Waals surface area contributed by atoms with Crippen LogP contribution in [0.4, 0.5) is 5.69 Å². The number of phenols is 1. The topological polar surface area (TPSA) is 49.3 Å². The van der Waals surface area contributed by atoms with Gasteiger partial charge in [-0.05, 0) is 12.1 Å². The number of carbonyl (C=O) groups excluding carboxylic acids is 1. The fourth-order valence-electron chi connectivity index (χ4n) is 1.58. The number of nitrogens with one attached hydrogen (secondary N) is 1. The zero-order chi connectivity index (χ0) is 12.4. The van der Waals surface area contributed by atoms with Crippen LogP contribution in [0.15, 0.2) is 36.4 Å². The molecule has 0 saturated heterocycles. The molecule has 5 heteroatoms. The molecule has 2 rings (SSSR count). The average Bonchev–Trinajstić information content (AvgIpc) is 2.33. The molecule has 3 nitrogen and oxygen atoms in total. The molecule has 2 N–H and O–H groups in total. The monoisotopic (exact) mass is 269 g/mol. The van der Waals surface area contributed by atoms with Crippen LogP contribution in [0, 0.1) is 0 Å². The lowest BCUT2D eigenvalue weighted by molar-refractivity contribution is -0.114. The number of hydrogen-bond donors (Lipinski definition) is 2. The molecule has 0 aliphatic rings. The van der Waals surface area contributed by atoms with E-state index >= 15 is 0 Å². The highest BCUT2D eigenvalue weighted by Gasteiger charge is 2.13. The molecule has 88 valence electrons. The van der Waals surface area contributed by atoms with E-state index < -0.39 is 10.7 Å². The van der Waals surface area contributed by atoms with Gasteiger partial charge in [0.25, 0.3) is 5.91 Å². The Hall–Kier alpha value is -1.45. The van der Waals surface area contributed by atoms with Crippen molar-refractivity contribution in [3.05, 3.63) is 36.4 Å². The number of halogens is 2. The molecule has 0 atom stereocenters. The van der Waals surface area contributed by atoms with Gasteiger partial charge >= 0.3 is 0 Å². The first kappa shape index (κ1) is 12.0. The van der Waals surface area contributed by atoms with Crippen LogP contribution in [-0.2, 0) is 4.79 Å². The Morgan fingerprint density at radius 3 is 2.41 bits per heavy atom. The molecule has 0 aromatic heterocycles. The normalized spacial score (nSPS) is 10.8. The van der Waals surface area contributed by atoms with Crippen molar-refractivity contribution >= 4 is 45.6 Å². The largest absolute Gasteiger partial charge is 0.507 e. The van der Waals surface area contributed by atoms with E-state index in [4.69, 9.17) is 23.2 Å². The van der Waals surface area contributed by atoms with E-state index in [-0.39, 0.29) is 5.75 Å². The van der Waals surface area contributed by atoms with E-state index in [0.717, 1.165) is 5.39 Å². The third kappa shape index (κ3) is 2.46. The van der Waals surface area contributed by atoms with E-state index in [0.29, 0.717) is 11.1 Å². The third-order valence-electron chi connectivity index (χ3n) is 2.36. The molecule has 0 unspecified atom stereocenters. The first-order valence-corrected chi connectivity index (χ1v) is 5.76. The highest BCUT2D eigenvalue weighted by Crippen LogP contribution is 2.30. The first-order chi connectivity index (χ1) is 8.09. The number of rotatable bonds is 2. The van der Waals surface area contributed by atoms with Crippen molar-refractivity contribution in [2.24, 2.45) is 0 Å². The maximum Gasteiger partial charge on any atom is 0.257 e. The molecule has 1 amide bonds. The summed E-state index contributed by atoms with van der Waals surface area (Å²) in [5.74, 6) is -0.337. The molecule has 17 heavy (non-hydrogen) atoms. The number of benzene rings is 2. The molecule has 2 aromatic carbocycles. The predicted molar refractivity (Wildman–Crippen MR) is 69.7 cm³/mol. The third-order valence-corrected chi connectivity index (χ3v) is 2.75. The van der Waals surface area contributed by atoms with E-state index in [1.807, 2.05) is 6.07 Å². The molecule has 0 radical (unpaired) electrons. The lowest BCUT2D eigenvalue weighted by atomic mass is 10.1. The van der Waals surface area contributed by atoms with E-state index in [9.17, 15) is 9.90 Å². The van der Waals surface area contributed by atoms with Crippen molar-refractivity contribution < 1.29 is 9.90 Å². The van der Waals surface area contributed by atoms with Crippen molar-refractivity contribution in [3.63, 3.8) is 0 Å². The van der Waals surface area contributed by atoms with Gasteiger partial charge in [0.15, 0.2) is 4.84 Å². The van der Waals surface area contributed by atoms with Crippen LogP contribution in [0.1, 0.15) is 0 Å². The van der Waals surface area contributed by atoms with Gasteiger partial charge in [-0.15, -0.1) is 0 Å². The molecule has 0 heterocycles. The van der Waals surface area contributed by atoms with Crippen LogP contribution in [-0.4, -0.2) is 15.8 Å². The summed E-state index contributed by atoms with van der Waals surface area (Å²) in [6, 6.07) is 10.3. The van der Waals surface area contributed by atoms with Gasteiger partial charge < -0.3 is 10.4 Å². The Labute approximate surface area is 108 Å². The number of carbonyl (C=O) groups is 1. The lowest BCUT2D eigenvalue weighted by Crippen LogP contribution is -2.18. The SMILES string of the molecule is O=C(Nc1ccc(O)c2ccccc12)C(Cl)Cl. The van der Waals surface area contributed by atoms with Crippen molar-refractivity contribution in [1.82, 2.24) is 0 Å². The summed E-state index contributed by atoms with van der Waals surface area (Å²) < 4.78 is 0. The molecule has 0 saturated carbocycles. The molecule has 0 spiro atoms. The van der Waals surface area contributed by atoms with E-state index in [2.05, 4.69) is 5.32 Å². The second-order valence-electron chi connectivity index (χ2n) is 3.47. The summed E-state index contributed by atoms with van der Waals surface area (Å²) in [6.45, 7) is 0. The lowest BCUT2D eigenvalue weighted by Gasteiger charge is -2.10. The fraction of sp³-hybridized carbons (Fsp3) is 0.0833. The van der Waals surface area contributed by atoms with Crippen LogP contribution in [0.3, 0.4) is 0 Å².